The topological polar surface area (TPSA) is 55.6 Å². The van der Waals surface area contributed by atoms with Crippen LogP contribution in [0, 0.1) is 5.92 Å². The number of hydrogen-bond acceptors (Lipinski definition) is 4. The Morgan fingerprint density at radius 3 is 2.72 bits per heavy atom. The van der Waals surface area contributed by atoms with E-state index in [4.69, 9.17) is 10.5 Å². The molecule has 0 spiro atoms. The van der Waals surface area contributed by atoms with E-state index in [1.165, 1.54) is 0 Å². The molecule has 1 atom stereocenters. The number of carbonyl (C=O) groups excluding carboxylic acids is 1. The molecule has 1 aliphatic heterocycles. The molecule has 1 unspecified atom stereocenters. The van der Waals surface area contributed by atoms with Crippen LogP contribution in [0.25, 0.3) is 0 Å². The van der Waals surface area contributed by atoms with E-state index in [2.05, 4.69) is 0 Å². The van der Waals surface area contributed by atoms with Crippen LogP contribution < -0.4 is 5.73 Å². The number of nitrogens with two attached hydrogens (primary N) is 1. The number of hydrogen-bond donors (Lipinski definition) is 1. The lowest BCUT2D eigenvalue weighted by Crippen LogP contribution is -2.43. The molecule has 0 saturated carbocycles. The highest BCUT2D eigenvalue weighted by molar-refractivity contribution is 7.98. The predicted molar refractivity (Wildman–Crippen MR) is 76.8 cm³/mol. The van der Waals surface area contributed by atoms with Crippen molar-refractivity contribution in [2.45, 2.75) is 32.3 Å². The van der Waals surface area contributed by atoms with Crippen LogP contribution >= 0.6 is 11.8 Å². The van der Waals surface area contributed by atoms with Crippen molar-refractivity contribution in [1.29, 1.82) is 0 Å². The van der Waals surface area contributed by atoms with Gasteiger partial charge in [0.15, 0.2) is 0 Å². The van der Waals surface area contributed by atoms with Crippen molar-refractivity contribution in [3.63, 3.8) is 0 Å². The fraction of sp³-hybridized carbons (Fsp3) is 0.923. The molecule has 0 radical (unpaired) electrons. The Kier molecular flexibility index (Phi) is 7.70. The second-order valence-electron chi connectivity index (χ2n) is 4.89. The maximum Gasteiger partial charge on any atom is 0.226 e. The van der Waals surface area contributed by atoms with E-state index in [0.29, 0.717) is 18.6 Å². The van der Waals surface area contributed by atoms with Crippen molar-refractivity contribution in [3.05, 3.63) is 0 Å². The molecule has 0 bridgehead atoms. The normalized spacial score (nSPS) is 18.9. The summed E-state index contributed by atoms with van der Waals surface area (Å²) in [5.41, 5.74) is 5.43. The number of piperidine rings is 1. The Balaban J connectivity index is 2.24. The molecule has 4 nitrogen and oxygen atoms in total. The zero-order chi connectivity index (χ0) is 13.4. The summed E-state index contributed by atoms with van der Waals surface area (Å²) < 4.78 is 5.74. The second-order valence-corrected chi connectivity index (χ2v) is 5.80. The molecule has 5 heteroatoms. The van der Waals surface area contributed by atoms with Crippen molar-refractivity contribution in [2.24, 2.45) is 11.7 Å². The van der Waals surface area contributed by atoms with Gasteiger partial charge in [-0.05, 0) is 32.1 Å². The number of thioether (sulfide) groups is 1. The summed E-state index contributed by atoms with van der Waals surface area (Å²) >= 11 is 1.73. The van der Waals surface area contributed by atoms with E-state index in [0.717, 1.165) is 44.7 Å². The number of carbonyl (C=O) groups is 1. The SMILES string of the molecule is CSCC(C)C(=O)N1CCC(OCCCN)CC1. The first-order valence-electron chi connectivity index (χ1n) is 6.78. The maximum absolute atomic E-state index is 12.1. The van der Waals surface area contributed by atoms with Gasteiger partial charge in [0.25, 0.3) is 0 Å². The Hall–Kier alpha value is -0.260. The molecule has 1 aliphatic rings. The average Bonchev–Trinajstić information content (AvgIpc) is 2.39. The highest BCUT2D eigenvalue weighted by atomic mass is 32.2. The highest BCUT2D eigenvalue weighted by Crippen LogP contribution is 2.17. The van der Waals surface area contributed by atoms with Crippen molar-refractivity contribution in [3.8, 4) is 0 Å². The summed E-state index contributed by atoms with van der Waals surface area (Å²) in [7, 11) is 0. The Morgan fingerprint density at radius 2 is 2.17 bits per heavy atom. The average molecular weight is 274 g/mol. The lowest BCUT2D eigenvalue weighted by molar-refractivity contribution is -0.136. The molecule has 106 valence electrons. The Labute approximate surface area is 115 Å². The van der Waals surface area contributed by atoms with Gasteiger partial charge in [-0.25, -0.2) is 0 Å². The predicted octanol–water partition coefficient (Wildman–Crippen LogP) is 1.34. The summed E-state index contributed by atoms with van der Waals surface area (Å²) in [6, 6.07) is 0. The third kappa shape index (κ3) is 5.16. The first kappa shape index (κ1) is 15.8. The van der Waals surface area contributed by atoms with Gasteiger partial charge in [0.1, 0.15) is 0 Å². The Bertz CT molecular complexity index is 243. The van der Waals surface area contributed by atoms with Gasteiger partial charge in [-0.1, -0.05) is 6.92 Å². The van der Waals surface area contributed by atoms with Crippen molar-refractivity contribution < 1.29 is 9.53 Å². The van der Waals surface area contributed by atoms with Crippen LogP contribution in [0.2, 0.25) is 0 Å². The molecule has 2 N–H and O–H groups in total. The van der Waals surface area contributed by atoms with Gasteiger partial charge < -0.3 is 15.4 Å². The van der Waals surface area contributed by atoms with Crippen LogP contribution in [0.3, 0.4) is 0 Å². The summed E-state index contributed by atoms with van der Waals surface area (Å²) in [4.78, 5) is 14.1. The molecular weight excluding hydrogens is 248 g/mol. The molecule has 0 aromatic carbocycles. The smallest absolute Gasteiger partial charge is 0.226 e. The minimum atomic E-state index is 0.134. The van der Waals surface area contributed by atoms with Crippen LogP contribution in [0.15, 0.2) is 0 Å². The third-order valence-corrected chi connectivity index (χ3v) is 4.13. The van der Waals surface area contributed by atoms with Crippen LogP contribution in [0.4, 0.5) is 0 Å². The molecule has 1 amide bonds. The number of rotatable bonds is 7. The minimum absolute atomic E-state index is 0.134. The molecule has 1 rings (SSSR count). The lowest BCUT2D eigenvalue weighted by Gasteiger charge is -2.33. The third-order valence-electron chi connectivity index (χ3n) is 3.29. The number of nitrogens with zero attached hydrogens (tertiary/aromatic N) is 1. The van der Waals surface area contributed by atoms with Crippen LogP contribution in [-0.4, -0.2) is 55.2 Å². The zero-order valence-corrected chi connectivity index (χ0v) is 12.4. The number of likely N-dealkylation sites (tertiary alicyclic amines) is 1. The van der Waals surface area contributed by atoms with Crippen molar-refractivity contribution in [1.82, 2.24) is 4.90 Å². The molecule has 18 heavy (non-hydrogen) atoms. The zero-order valence-electron chi connectivity index (χ0n) is 11.6. The number of ether oxygens (including phenoxy) is 1. The van der Waals surface area contributed by atoms with Crippen LogP contribution in [0.1, 0.15) is 26.2 Å². The van der Waals surface area contributed by atoms with E-state index in [1.54, 1.807) is 11.8 Å². The first-order chi connectivity index (χ1) is 8.69. The minimum Gasteiger partial charge on any atom is -0.378 e. The Morgan fingerprint density at radius 1 is 1.50 bits per heavy atom. The van der Waals surface area contributed by atoms with Gasteiger partial charge in [-0.15, -0.1) is 0 Å². The summed E-state index contributed by atoms with van der Waals surface area (Å²) in [5, 5.41) is 0. The second kappa shape index (κ2) is 8.77. The van der Waals surface area contributed by atoms with Crippen molar-refractivity contribution in [2.75, 3.05) is 38.2 Å². The maximum atomic E-state index is 12.1. The molecule has 0 aromatic heterocycles. The van der Waals surface area contributed by atoms with Gasteiger partial charge in [-0.3, -0.25) is 4.79 Å². The number of amides is 1. The largest absolute Gasteiger partial charge is 0.378 e. The monoisotopic (exact) mass is 274 g/mol. The van der Waals surface area contributed by atoms with Gasteiger partial charge in [0, 0.05) is 31.4 Å². The van der Waals surface area contributed by atoms with E-state index in [9.17, 15) is 4.79 Å². The van der Waals surface area contributed by atoms with Crippen LogP contribution in [0.5, 0.6) is 0 Å². The van der Waals surface area contributed by atoms with E-state index in [-0.39, 0.29) is 5.92 Å². The molecule has 0 aliphatic carbocycles. The molecule has 1 fully saturated rings. The van der Waals surface area contributed by atoms with Gasteiger partial charge in [0.05, 0.1) is 6.10 Å². The van der Waals surface area contributed by atoms with E-state index < -0.39 is 0 Å². The standard InChI is InChI=1S/C13H26N2O2S/c1-11(10-18-2)13(16)15-7-4-12(5-8-15)17-9-3-6-14/h11-12H,3-10,14H2,1-2H3. The quantitative estimate of drug-likeness (QED) is 0.712. The van der Waals surface area contributed by atoms with Gasteiger partial charge in [0.2, 0.25) is 5.91 Å². The van der Waals surface area contributed by atoms with Crippen molar-refractivity contribution >= 4 is 17.7 Å². The molecule has 1 heterocycles. The van der Waals surface area contributed by atoms with Gasteiger partial charge >= 0.3 is 0 Å². The first-order valence-corrected chi connectivity index (χ1v) is 8.17. The lowest BCUT2D eigenvalue weighted by atomic mass is 10.1. The summed E-state index contributed by atoms with van der Waals surface area (Å²) in [5.74, 6) is 1.34. The molecule has 1 saturated heterocycles. The van der Waals surface area contributed by atoms with Gasteiger partial charge in [-0.2, -0.15) is 11.8 Å². The molecular formula is C13H26N2O2S. The van der Waals surface area contributed by atoms with E-state index in [1.807, 2.05) is 18.1 Å². The fourth-order valence-corrected chi connectivity index (χ4v) is 2.85. The summed E-state index contributed by atoms with van der Waals surface area (Å²) in [6.07, 6.45) is 5.20. The highest BCUT2D eigenvalue weighted by Gasteiger charge is 2.25. The van der Waals surface area contributed by atoms with E-state index >= 15 is 0 Å². The fourth-order valence-electron chi connectivity index (χ4n) is 2.21. The van der Waals surface area contributed by atoms with Crippen LogP contribution in [-0.2, 0) is 9.53 Å². The summed E-state index contributed by atoms with van der Waals surface area (Å²) in [6.45, 7) is 5.12. The molecule has 0 aromatic rings.